The van der Waals surface area contributed by atoms with Crippen molar-refractivity contribution in [3.8, 4) is 0 Å². The largest absolute Gasteiger partial charge is 0.368 e. The highest BCUT2D eigenvalue weighted by Crippen LogP contribution is 2.36. The molecule has 3 unspecified atom stereocenters. The van der Waals surface area contributed by atoms with Crippen LogP contribution in [0.15, 0.2) is 0 Å². The first-order valence-corrected chi connectivity index (χ1v) is 8.44. The molecule has 3 atom stereocenters. The van der Waals surface area contributed by atoms with Crippen LogP contribution in [0.5, 0.6) is 0 Å². The van der Waals surface area contributed by atoms with Gasteiger partial charge >= 0.3 is 0 Å². The highest BCUT2D eigenvalue weighted by Gasteiger charge is 2.46. The number of nitrogens with two attached hydrogens (primary N) is 1. The molecular weight excluding hydrogens is 250 g/mol. The maximum atomic E-state index is 12.1. The first-order valence-electron chi connectivity index (χ1n) is 8.44. The lowest BCUT2D eigenvalue weighted by Crippen LogP contribution is -2.61. The second kappa shape index (κ2) is 5.64. The zero-order chi connectivity index (χ0) is 14.2. The summed E-state index contributed by atoms with van der Waals surface area (Å²) in [7, 11) is 0. The third-order valence-corrected chi connectivity index (χ3v) is 5.67. The quantitative estimate of drug-likeness (QED) is 0.804. The molecule has 0 aromatic heterocycles. The van der Waals surface area contributed by atoms with Gasteiger partial charge in [-0.15, -0.1) is 0 Å². The van der Waals surface area contributed by atoms with E-state index in [2.05, 4.69) is 17.1 Å². The van der Waals surface area contributed by atoms with Gasteiger partial charge in [0.25, 0.3) is 0 Å². The summed E-state index contributed by atoms with van der Waals surface area (Å²) in [5.74, 6) is 0.733. The molecule has 3 aliphatic rings. The van der Waals surface area contributed by atoms with Crippen LogP contribution in [0.4, 0.5) is 0 Å². The lowest BCUT2D eigenvalue weighted by atomic mass is 9.77. The molecule has 2 aliphatic carbocycles. The van der Waals surface area contributed by atoms with Crippen molar-refractivity contribution in [2.75, 3.05) is 13.1 Å². The Bertz CT molecular complexity index is 369. The average Bonchev–Trinajstić information content (AvgIpc) is 3.12. The van der Waals surface area contributed by atoms with Crippen LogP contribution in [-0.4, -0.2) is 41.5 Å². The Hall–Kier alpha value is -0.610. The summed E-state index contributed by atoms with van der Waals surface area (Å²) in [6, 6.07) is 1.10. The van der Waals surface area contributed by atoms with Gasteiger partial charge in [-0.2, -0.15) is 0 Å². The van der Waals surface area contributed by atoms with Gasteiger partial charge in [0.15, 0.2) is 0 Å². The number of likely N-dealkylation sites (tertiary alicyclic amines) is 1. The third-order valence-electron chi connectivity index (χ3n) is 5.67. The van der Waals surface area contributed by atoms with E-state index < -0.39 is 5.54 Å². The molecule has 0 spiro atoms. The molecule has 0 radical (unpaired) electrons. The zero-order valence-electron chi connectivity index (χ0n) is 12.7. The fourth-order valence-electron chi connectivity index (χ4n) is 4.13. The minimum Gasteiger partial charge on any atom is -0.368 e. The van der Waals surface area contributed by atoms with Gasteiger partial charge in [-0.05, 0) is 57.4 Å². The van der Waals surface area contributed by atoms with E-state index in [0.29, 0.717) is 12.1 Å². The van der Waals surface area contributed by atoms with Gasteiger partial charge in [0, 0.05) is 18.6 Å². The molecular formula is C16H29N3O. The molecule has 114 valence electrons. The lowest BCUT2D eigenvalue weighted by Gasteiger charge is -2.42. The second-order valence-electron chi connectivity index (χ2n) is 7.17. The summed E-state index contributed by atoms with van der Waals surface area (Å²) in [5, 5.41) is 3.58. The smallest absolute Gasteiger partial charge is 0.237 e. The van der Waals surface area contributed by atoms with Crippen molar-refractivity contribution >= 4 is 5.91 Å². The predicted octanol–water partition coefficient (Wildman–Crippen LogP) is 1.64. The number of rotatable bonds is 5. The Morgan fingerprint density at radius 2 is 2.15 bits per heavy atom. The molecule has 20 heavy (non-hydrogen) atoms. The standard InChI is InChI=1S/C16H29N3O/c1-2-12-7-9-19(11-12)14-4-3-8-16(10-14,15(17)20)18-13-5-6-13/h12-14,18H,2-11H2,1H3,(H2,17,20). The lowest BCUT2D eigenvalue weighted by molar-refractivity contribution is -0.126. The van der Waals surface area contributed by atoms with Gasteiger partial charge in [-0.3, -0.25) is 4.79 Å². The van der Waals surface area contributed by atoms with Crippen molar-refractivity contribution in [2.24, 2.45) is 11.7 Å². The van der Waals surface area contributed by atoms with Crippen molar-refractivity contribution in [1.29, 1.82) is 0 Å². The van der Waals surface area contributed by atoms with E-state index in [4.69, 9.17) is 5.73 Å². The van der Waals surface area contributed by atoms with Gasteiger partial charge in [-0.1, -0.05) is 13.3 Å². The average molecular weight is 279 g/mol. The van der Waals surface area contributed by atoms with Crippen molar-refractivity contribution in [3.05, 3.63) is 0 Å². The van der Waals surface area contributed by atoms with Crippen LogP contribution >= 0.6 is 0 Å². The van der Waals surface area contributed by atoms with Gasteiger partial charge in [0.1, 0.15) is 0 Å². The van der Waals surface area contributed by atoms with Crippen molar-refractivity contribution < 1.29 is 4.79 Å². The number of hydrogen-bond donors (Lipinski definition) is 2. The highest BCUT2D eigenvalue weighted by atomic mass is 16.1. The molecule has 4 nitrogen and oxygen atoms in total. The highest BCUT2D eigenvalue weighted by molar-refractivity contribution is 5.85. The number of primary amides is 1. The zero-order valence-corrected chi connectivity index (χ0v) is 12.7. The molecule has 2 saturated carbocycles. The molecule has 3 rings (SSSR count). The molecule has 1 amide bonds. The molecule has 1 saturated heterocycles. The number of nitrogens with zero attached hydrogens (tertiary/aromatic N) is 1. The molecule has 1 aliphatic heterocycles. The molecule has 3 N–H and O–H groups in total. The van der Waals surface area contributed by atoms with E-state index >= 15 is 0 Å². The van der Waals surface area contributed by atoms with Gasteiger partial charge in [0.05, 0.1) is 5.54 Å². The molecule has 1 heterocycles. The normalized spacial score (nSPS) is 39.0. The maximum Gasteiger partial charge on any atom is 0.237 e. The Morgan fingerprint density at radius 1 is 1.35 bits per heavy atom. The van der Waals surface area contributed by atoms with Crippen LogP contribution in [0.25, 0.3) is 0 Å². The SMILES string of the molecule is CCC1CCN(C2CCCC(NC3CC3)(C(N)=O)C2)C1. The third kappa shape index (κ3) is 2.86. The molecule has 0 aromatic rings. The summed E-state index contributed by atoms with van der Waals surface area (Å²) in [5.41, 5.74) is 5.35. The van der Waals surface area contributed by atoms with Crippen molar-refractivity contribution in [3.63, 3.8) is 0 Å². The minimum atomic E-state index is -0.422. The fourth-order valence-corrected chi connectivity index (χ4v) is 4.13. The summed E-state index contributed by atoms with van der Waals surface area (Å²) in [6.07, 6.45) is 9.24. The number of amides is 1. The van der Waals surface area contributed by atoms with Crippen LogP contribution in [0, 0.1) is 5.92 Å². The Balaban J connectivity index is 1.66. The monoisotopic (exact) mass is 279 g/mol. The van der Waals surface area contributed by atoms with E-state index in [1.165, 1.54) is 45.2 Å². The van der Waals surface area contributed by atoms with Crippen molar-refractivity contribution in [1.82, 2.24) is 10.2 Å². The van der Waals surface area contributed by atoms with Crippen LogP contribution in [-0.2, 0) is 4.79 Å². The fraction of sp³-hybridized carbons (Fsp3) is 0.938. The van der Waals surface area contributed by atoms with Gasteiger partial charge in [-0.25, -0.2) is 0 Å². The van der Waals surface area contributed by atoms with E-state index in [-0.39, 0.29) is 5.91 Å². The van der Waals surface area contributed by atoms with Gasteiger partial charge in [0.2, 0.25) is 5.91 Å². The number of hydrogen-bond acceptors (Lipinski definition) is 3. The van der Waals surface area contributed by atoms with Crippen LogP contribution in [0.3, 0.4) is 0 Å². The summed E-state index contributed by atoms with van der Waals surface area (Å²) in [6.45, 7) is 4.72. The number of nitrogens with one attached hydrogen (secondary N) is 1. The van der Waals surface area contributed by atoms with E-state index in [0.717, 1.165) is 25.2 Å². The second-order valence-corrected chi connectivity index (χ2v) is 7.17. The van der Waals surface area contributed by atoms with E-state index in [1.807, 2.05) is 0 Å². The van der Waals surface area contributed by atoms with E-state index in [9.17, 15) is 4.79 Å². The van der Waals surface area contributed by atoms with Crippen molar-refractivity contribution in [2.45, 2.75) is 75.9 Å². The summed E-state index contributed by atoms with van der Waals surface area (Å²) >= 11 is 0. The minimum absolute atomic E-state index is 0.125. The van der Waals surface area contributed by atoms with Gasteiger partial charge < -0.3 is 16.0 Å². The molecule has 3 fully saturated rings. The van der Waals surface area contributed by atoms with E-state index in [1.54, 1.807) is 0 Å². The summed E-state index contributed by atoms with van der Waals surface area (Å²) in [4.78, 5) is 14.7. The maximum absolute atomic E-state index is 12.1. The molecule has 0 aromatic carbocycles. The number of carbonyl (C=O) groups excluding carboxylic acids is 1. The first-order chi connectivity index (χ1) is 9.63. The van der Waals surface area contributed by atoms with Crippen LogP contribution < -0.4 is 11.1 Å². The Kier molecular flexibility index (Phi) is 4.04. The first kappa shape index (κ1) is 14.3. The Morgan fingerprint density at radius 3 is 2.75 bits per heavy atom. The number of carbonyl (C=O) groups is 1. The van der Waals surface area contributed by atoms with Crippen LogP contribution in [0.2, 0.25) is 0 Å². The summed E-state index contributed by atoms with van der Waals surface area (Å²) < 4.78 is 0. The van der Waals surface area contributed by atoms with Crippen LogP contribution in [0.1, 0.15) is 58.3 Å². The topological polar surface area (TPSA) is 58.4 Å². The Labute approximate surface area is 122 Å². The molecule has 4 heteroatoms. The molecule has 0 bridgehead atoms. The predicted molar refractivity (Wildman–Crippen MR) is 80.3 cm³/mol.